The molecule has 1 fully saturated rings. The highest BCUT2D eigenvalue weighted by Gasteiger charge is 2.28. The second-order valence-corrected chi connectivity index (χ2v) is 6.04. The van der Waals surface area contributed by atoms with E-state index in [2.05, 4.69) is 5.16 Å². The molecule has 24 heavy (non-hydrogen) atoms. The zero-order valence-electron chi connectivity index (χ0n) is 13.9. The van der Waals surface area contributed by atoms with Gasteiger partial charge in [-0.05, 0) is 44.5 Å². The van der Waals surface area contributed by atoms with E-state index in [0.717, 1.165) is 13.0 Å². The van der Waals surface area contributed by atoms with E-state index in [-0.39, 0.29) is 11.7 Å². The predicted molar refractivity (Wildman–Crippen MR) is 87.1 cm³/mol. The van der Waals surface area contributed by atoms with E-state index in [4.69, 9.17) is 9.26 Å². The number of carbonyl (C=O) groups excluding carboxylic acids is 1. The van der Waals surface area contributed by atoms with E-state index in [1.807, 2.05) is 6.92 Å². The molecule has 1 saturated heterocycles. The molecule has 1 aromatic carbocycles. The van der Waals surface area contributed by atoms with E-state index in [1.165, 1.54) is 12.1 Å². The number of aromatic nitrogens is 1. The maximum atomic E-state index is 13.1. The predicted octanol–water partition coefficient (Wildman–Crippen LogP) is 3.29. The Morgan fingerprint density at radius 2 is 2.12 bits per heavy atom. The molecule has 1 amide bonds. The largest absolute Gasteiger partial charge is 0.381 e. The number of halogens is 1. The van der Waals surface area contributed by atoms with Crippen LogP contribution in [0.2, 0.25) is 0 Å². The second-order valence-electron chi connectivity index (χ2n) is 6.04. The number of ether oxygens (including phenoxy) is 1. The van der Waals surface area contributed by atoms with Gasteiger partial charge in [0.1, 0.15) is 22.8 Å². The van der Waals surface area contributed by atoms with Crippen LogP contribution in [0.3, 0.4) is 0 Å². The minimum absolute atomic E-state index is 0.109. The molecule has 128 valence electrons. The van der Waals surface area contributed by atoms with Crippen LogP contribution in [0.5, 0.6) is 0 Å². The van der Waals surface area contributed by atoms with E-state index in [9.17, 15) is 9.18 Å². The number of hydrogen-bond acceptors (Lipinski definition) is 4. The van der Waals surface area contributed by atoms with Gasteiger partial charge in [0.2, 0.25) is 0 Å². The van der Waals surface area contributed by atoms with Gasteiger partial charge in [-0.15, -0.1) is 0 Å². The fraction of sp³-hybridized carbons (Fsp3) is 0.444. The second kappa shape index (κ2) is 7.13. The summed E-state index contributed by atoms with van der Waals surface area (Å²) in [4.78, 5) is 14.8. The summed E-state index contributed by atoms with van der Waals surface area (Å²) in [5.41, 5.74) is 1.57. The van der Waals surface area contributed by atoms with Crippen molar-refractivity contribution in [3.8, 4) is 11.3 Å². The van der Waals surface area contributed by atoms with Crippen molar-refractivity contribution in [2.45, 2.75) is 20.3 Å². The molecule has 5 nitrogen and oxygen atoms in total. The highest BCUT2D eigenvalue weighted by Crippen LogP contribution is 2.27. The molecule has 0 radical (unpaired) electrons. The number of rotatable bonds is 5. The molecule has 1 atom stereocenters. The number of amides is 1. The first-order chi connectivity index (χ1) is 11.6. The van der Waals surface area contributed by atoms with Crippen molar-refractivity contribution >= 4 is 5.91 Å². The summed E-state index contributed by atoms with van der Waals surface area (Å²) in [6.07, 6.45) is 0.969. The molecule has 0 bridgehead atoms. The summed E-state index contributed by atoms with van der Waals surface area (Å²) >= 11 is 0. The Kier molecular flexibility index (Phi) is 4.94. The minimum atomic E-state index is -0.330. The molecule has 6 heteroatoms. The van der Waals surface area contributed by atoms with Crippen molar-refractivity contribution in [1.29, 1.82) is 0 Å². The summed E-state index contributed by atoms with van der Waals surface area (Å²) in [5.74, 6) is 0.398. The average Bonchev–Trinajstić information content (AvgIpc) is 3.22. The maximum absolute atomic E-state index is 13.1. The Morgan fingerprint density at radius 1 is 1.38 bits per heavy atom. The van der Waals surface area contributed by atoms with Gasteiger partial charge in [-0.25, -0.2) is 4.39 Å². The van der Waals surface area contributed by atoms with Gasteiger partial charge in [0.25, 0.3) is 5.91 Å². The quantitative estimate of drug-likeness (QED) is 0.843. The summed E-state index contributed by atoms with van der Waals surface area (Å²) in [7, 11) is 0. The van der Waals surface area contributed by atoms with Crippen LogP contribution in [0.25, 0.3) is 11.3 Å². The number of benzene rings is 1. The van der Waals surface area contributed by atoms with Gasteiger partial charge in [0.05, 0.1) is 6.61 Å². The summed E-state index contributed by atoms with van der Waals surface area (Å²) in [5, 5.41) is 4.02. The van der Waals surface area contributed by atoms with Gasteiger partial charge in [0.15, 0.2) is 0 Å². The smallest absolute Gasteiger partial charge is 0.259 e. The van der Waals surface area contributed by atoms with Crippen LogP contribution < -0.4 is 0 Å². The molecule has 1 aromatic heterocycles. The van der Waals surface area contributed by atoms with Crippen molar-refractivity contribution in [3.05, 3.63) is 41.4 Å². The van der Waals surface area contributed by atoms with E-state index in [1.54, 1.807) is 24.0 Å². The fourth-order valence-corrected chi connectivity index (χ4v) is 2.98. The zero-order valence-corrected chi connectivity index (χ0v) is 13.9. The molecule has 0 aliphatic carbocycles. The first kappa shape index (κ1) is 16.6. The van der Waals surface area contributed by atoms with Crippen LogP contribution in [0.4, 0.5) is 4.39 Å². The van der Waals surface area contributed by atoms with Crippen LogP contribution in [-0.2, 0) is 4.74 Å². The lowest BCUT2D eigenvalue weighted by Gasteiger charge is -2.23. The Hall–Kier alpha value is -2.21. The third-order valence-corrected chi connectivity index (χ3v) is 4.37. The summed E-state index contributed by atoms with van der Waals surface area (Å²) < 4.78 is 23.8. The van der Waals surface area contributed by atoms with Gasteiger partial charge in [-0.3, -0.25) is 4.79 Å². The van der Waals surface area contributed by atoms with Gasteiger partial charge < -0.3 is 14.2 Å². The SMILES string of the molecule is CCN(CC1CCOC1)C(=O)c1c(-c2ccc(F)cc2)noc1C. The van der Waals surface area contributed by atoms with Crippen LogP contribution in [0.15, 0.2) is 28.8 Å². The standard InChI is InChI=1S/C18H21FN2O3/c1-3-21(10-13-8-9-23-11-13)18(22)16-12(2)24-20-17(16)14-4-6-15(19)7-5-14/h4-7,13H,3,8-11H2,1-2H3. The van der Waals surface area contributed by atoms with Crippen LogP contribution in [0.1, 0.15) is 29.5 Å². The monoisotopic (exact) mass is 332 g/mol. The number of nitrogens with zero attached hydrogens (tertiary/aromatic N) is 2. The Morgan fingerprint density at radius 3 is 2.75 bits per heavy atom. The molecule has 2 aromatic rings. The average molecular weight is 332 g/mol. The Bertz CT molecular complexity index is 706. The lowest BCUT2D eigenvalue weighted by atomic mass is 10.0. The topological polar surface area (TPSA) is 55.6 Å². The van der Waals surface area contributed by atoms with Crippen molar-refractivity contribution in [2.75, 3.05) is 26.3 Å². The molecular formula is C18H21FN2O3. The van der Waals surface area contributed by atoms with Crippen LogP contribution >= 0.6 is 0 Å². The lowest BCUT2D eigenvalue weighted by Crippen LogP contribution is -2.35. The molecule has 0 N–H and O–H groups in total. The highest BCUT2D eigenvalue weighted by atomic mass is 19.1. The molecule has 3 rings (SSSR count). The molecule has 1 unspecified atom stereocenters. The summed E-state index contributed by atoms with van der Waals surface area (Å²) in [6.45, 7) is 6.38. The van der Waals surface area contributed by atoms with E-state index < -0.39 is 0 Å². The third kappa shape index (κ3) is 3.33. The molecular weight excluding hydrogens is 311 g/mol. The van der Waals surface area contributed by atoms with Gasteiger partial charge >= 0.3 is 0 Å². The van der Waals surface area contributed by atoms with Crippen molar-refractivity contribution < 1.29 is 18.4 Å². The first-order valence-electron chi connectivity index (χ1n) is 8.19. The number of carbonyl (C=O) groups is 1. The van der Waals surface area contributed by atoms with Gasteiger partial charge in [-0.1, -0.05) is 5.16 Å². The Labute approximate surface area is 140 Å². The third-order valence-electron chi connectivity index (χ3n) is 4.37. The number of hydrogen-bond donors (Lipinski definition) is 0. The minimum Gasteiger partial charge on any atom is -0.381 e. The Balaban J connectivity index is 1.88. The van der Waals surface area contributed by atoms with Gasteiger partial charge in [0, 0.05) is 31.2 Å². The summed E-state index contributed by atoms with van der Waals surface area (Å²) in [6, 6.07) is 5.90. The van der Waals surface area contributed by atoms with E-state index >= 15 is 0 Å². The van der Waals surface area contributed by atoms with Crippen molar-refractivity contribution in [3.63, 3.8) is 0 Å². The zero-order chi connectivity index (χ0) is 17.1. The highest BCUT2D eigenvalue weighted by molar-refractivity contribution is 6.00. The number of aryl methyl sites for hydroxylation is 1. The molecule has 1 aliphatic rings. The van der Waals surface area contributed by atoms with Crippen molar-refractivity contribution in [1.82, 2.24) is 10.1 Å². The molecule has 0 saturated carbocycles. The van der Waals surface area contributed by atoms with Crippen molar-refractivity contribution in [2.24, 2.45) is 5.92 Å². The van der Waals surface area contributed by atoms with Crippen LogP contribution in [-0.4, -0.2) is 42.3 Å². The first-order valence-corrected chi connectivity index (χ1v) is 8.19. The van der Waals surface area contributed by atoms with Gasteiger partial charge in [-0.2, -0.15) is 0 Å². The molecule has 2 heterocycles. The molecule has 0 spiro atoms. The fourth-order valence-electron chi connectivity index (χ4n) is 2.98. The maximum Gasteiger partial charge on any atom is 0.259 e. The normalized spacial score (nSPS) is 17.2. The van der Waals surface area contributed by atoms with E-state index in [0.29, 0.717) is 48.2 Å². The lowest BCUT2D eigenvalue weighted by molar-refractivity contribution is 0.0729. The van der Waals surface area contributed by atoms with Crippen LogP contribution in [0, 0.1) is 18.7 Å². The molecule has 1 aliphatic heterocycles.